The second-order valence-electron chi connectivity index (χ2n) is 3.71. The summed E-state index contributed by atoms with van der Waals surface area (Å²) in [7, 11) is 0. The van der Waals surface area contributed by atoms with Crippen LogP contribution >= 0.6 is 0 Å². The van der Waals surface area contributed by atoms with E-state index in [4.69, 9.17) is 5.11 Å². The van der Waals surface area contributed by atoms with Crippen molar-refractivity contribution in [3.05, 3.63) is 53.9 Å². The number of anilines is 1. The van der Waals surface area contributed by atoms with Crippen molar-refractivity contribution in [1.82, 2.24) is 9.97 Å². The molecule has 0 radical (unpaired) electrons. The minimum Gasteiger partial charge on any atom is -0.478 e. The lowest BCUT2D eigenvalue weighted by Crippen LogP contribution is -2.10. The molecule has 0 amide bonds. The number of hydrogen-bond acceptors (Lipinski definition) is 4. The second-order valence-corrected chi connectivity index (χ2v) is 3.71. The van der Waals surface area contributed by atoms with E-state index in [2.05, 4.69) is 15.3 Å². The first-order valence-electron chi connectivity index (χ1n) is 5.59. The molecule has 0 spiro atoms. The molecule has 0 bridgehead atoms. The Morgan fingerprint density at radius 3 is 2.61 bits per heavy atom. The number of hydrogen-bond donors (Lipinski definition) is 2. The highest BCUT2D eigenvalue weighted by atomic mass is 16.4. The van der Waals surface area contributed by atoms with Crippen LogP contribution in [0.4, 0.5) is 5.95 Å². The minimum atomic E-state index is -0.901. The van der Waals surface area contributed by atoms with E-state index in [0.29, 0.717) is 24.5 Å². The van der Waals surface area contributed by atoms with E-state index >= 15 is 0 Å². The molecule has 5 heteroatoms. The zero-order valence-electron chi connectivity index (χ0n) is 9.71. The topological polar surface area (TPSA) is 75.1 Å². The molecule has 0 aliphatic rings. The Morgan fingerprint density at radius 1 is 1.17 bits per heavy atom. The molecular formula is C13H13N3O2. The summed E-state index contributed by atoms with van der Waals surface area (Å²) in [5.74, 6) is -0.355. The molecule has 1 heterocycles. The van der Waals surface area contributed by atoms with Crippen molar-refractivity contribution in [2.24, 2.45) is 0 Å². The lowest BCUT2D eigenvalue weighted by atomic mass is 10.0. The second kappa shape index (κ2) is 5.77. The highest BCUT2D eigenvalue weighted by Crippen LogP contribution is 2.09. The van der Waals surface area contributed by atoms with Crippen LogP contribution in [-0.4, -0.2) is 27.6 Å². The van der Waals surface area contributed by atoms with E-state index in [1.54, 1.807) is 30.6 Å². The molecule has 0 saturated carbocycles. The van der Waals surface area contributed by atoms with Crippen molar-refractivity contribution < 1.29 is 9.90 Å². The third kappa shape index (κ3) is 3.04. The number of nitrogens with zero attached hydrogens (tertiary/aromatic N) is 2. The number of carboxylic acid groups (broad SMARTS) is 1. The number of rotatable bonds is 5. The average Bonchev–Trinajstić information content (AvgIpc) is 2.40. The molecule has 1 aromatic heterocycles. The van der Waals surface area contributed by atoms with E-state index in [-0.39, 0.29) is 0 Å². The van der Waals surface area contributed by atoms with Gasteiger partial charge in [-0.15, -0.1) is 0 Å². The van der Waals surface area contributed by atoms with Crippen molar-refractivity contribution in [1.29, 1.82) is 0 Å². The summed E-state index contributed by atoms with van der Waals surface area (Å²) in [5.41, 5.74) is 1.14. The third-order valence-corrected chi connectivity index (χ3v) is 2.49. The molecule has 18 heavy (non-hydrogen) atoms. The van der Waals surface area contributed by atoms with Crippen molar-refractivity contribution in [2.75, 3.05) is 11.9 Å². The van der Waals surface area contributed by atoms with Crippen LogP contribution < -0.4 is 5.32 Å². The Kier molecular flexibility index (Phi) is 3.86. The predicted molar refractivity (Wildman–Crippen MR) is 67.6 cm³/mol. The van der Waals surface area contributed by atoms with E-state index in [1.807, 2.05) is 12.1 Å². The van der Waals surface area contributed by atoms with Gasteiger partial charge in [-0.05, 0) is 24.1 Å². The standard InChI is InChI=1S/C13H13N3O2/c17-12(18)11-5-2-1-4-10(11)6-9-16-13-14-7-3-8-15-13/h1-5,7-8H,6,9H2,(H,17,18)(H,14,15,16). The lowest BCUT2D eigenvalue weighted by Gasteiger charge is -2.06. The lowest BCUT2D eigenvalue weighted by molar-refractivity contribution is 0.0696. The van der Waals surface area contributed by atoms with Crippen LogP contribution in [0.3, 0.4) is 0 Å². The molecule has 0 unspecified atom stereocenters. The molecule has 5 nitrogen and oxygen atoms in total. The van der Waals surface area contributed by atoms with Gasteiger partial charge in [0.1, 0.15) is 0 Å². The summed E-state index contributed by atoms with van der Waals surface area (Å²) < 4.78 is 0. The van der Waals surface area contributed by atoms with Gasteiger partial charge in [-0.3, -0.25) is 0 Å². The predicted octanol–water partition coefficient (Wildman–Crippen LogP) is 1.83. The molecule has 0 fully saturated rings. The summed E-state index contributed by atoms with van der Waals surface area (Å²) in [6.07, 6.45) is 3.92. The van der Waals surface area contributed by atoms with Gasteiger partial charge in [-0.1, -0.05) is 18.2 Å². The summed E-state index contributed by atoms with van der Waals surface area (Å²) in [6, 6.07) is 8.72. The number of carbonyl (C=O) groups is 1. The monoisotopic (exact) mass is 243 g/mol. The van der Waals surface area contributed by atoms with E-state index < -0.39 is 5.97 Å². The van der Waals surface area contributed by atoms with Crippen molar-refractivity contribution >= 4 is 11.9 Å². The summed E-state index contributed by atoms with van der Waals surface area (Å²) in [6.45, 7) is 0.592. The van der Waals surface area contributed by atoms with Gasteiger partial charge in [0.05, 0.1) is 5.56 Å². The van der Waals surface area contributed by atoms with Gasteiger partial charge in [0.25, 0.3) is 0 Å². The Balaban J connectivity index is 1.97. The smallest absolute Gasteiger partial charge is 0.335 e. The number of aromatic carboxylic acids is 1. The SMILES string of the molecule is O=C(O)c1ccccc1CCNc1ncccn1. The fourth-order valence-electron chi connectivity index (χ4n) is 1.65. The maximum Gasteiger partial charge on any atom is 0.335 e. The fraction of sp³-hybridized carbons (Fsp3) is 0.154. The van der Waals surface area contributed by atoms with Crippen LogP contribution in [0.15, 0.2) is 42.7 Å². The number of aromatic nitrogens is 2. The van der Waals surface area contributed by atoms with Crippen LogP contribution in [0.5, 0.6) is 0 Å². The normalized spacial score (nSPS) is 10.0. The van der Waals surface area contributed by atoms with E-state index in [0.717, 1.165) is 5.56 Å². The van der Waals surface area contributed by atoms with Crippen LogP contribution in [0.1, 0.15) is 15.9 Å². The largest absolute Gasteiger partial charge is 0.478 e. The van der Waals surface area contributed by atoms with Crippen LogP contribution in [-0.2, 0) is 6.42 Å². The maximum absolute atomic E-state index is 11.0. The number of benzene rings is 1. The molecule has 0 aliphatic carbocycles. The first-order valence-corrected chi connectivity index (χ1v) is 5.59. The van der Waals surface area contributed by atoms with Gasteiger partial charge >= 0.3 is 5.97 Å². The number of carboxylic acids is 1. The molecule has 1 aromatic carbocycles. The molecule has 92 valence electrons. The Bertz CT molecular complexity index is 529. The Labute approximate surface area is 105 Å². The third-order valence-electron chi connectivity index (χ3n) is 2.49. The van der Waals surface area contributed by atoms with Crippen molar-refractivity contribution in [3.8, 4) is 0 Å². The molecule has 0 atom stereocenters. The molecule has 2 rings (SSSR count). The molecule has 2 N–H and O–H groups in total. The van der Waals surface area contributed by atoms with Gasteiger partial charge in [-0.25, -0.2) is 14.8 Å². The van der Waals surface area contributed by atoms with Crippen molar-refractivity contribution in [2.45, 2.75) is 6.42 Å². The van der Waals surface area contributed by atoms with Gasteiger partial charge in [-0.2, -0.15) is 0 Å². The van der Waals surface area contributed by atoms with E-state index in [9.17, 15) is 4.79 Å². The zero-order chi connectivity index (χ0) is 12.8. The Morgan fingerprint density at radius 2 is 1.89 bits per heavy atom. The average molecular weight is 243 g/mol. The minimum absolute atomic E-state index is 0.341. The van der Waals surface area contributed by atoms with Crippen LogP contribution in [0.25, 0.3) is 0 Å². The molecular weight excluding hydrogens is 230 g/mol. The summed E-state index contributed by atoms with van der Waals surface area (Å²) in [4.78, 5) is 19.1. The number of nitrogens with one attached hydrogen (secondary N) is 1. The quantitative estimate of drug-likeness (QED) is 0.838. The summed E-state index contributed by atoms with van der Waals surface area (Å²) >= 11 is 0. The van der Waals surface area contributed by atoms with Crippen LogP contribution in [0, 0.1) is 0 Å². The molecule has 2 aromatic rings. The van der Waals surface area contributed by atoms with Gasteiger partial charge in [0.15, 0.2) is 0 Å². The zero-order valence-corrected chi connectivity index (χ0v) is 9.71. The first-order chi connectivity index (χ1) is 8.77. The molecule has 0 saturated heterocycles. The van der Waals surface area contributed by atoms with Gasteiger partial charge in [0, 0.05) is 18.9 Å². The van der Waals surface area contributed by atoms with Gasteiger partial charge in [0.2, 0.25) is 5.95 Å². The highest BCUT2D eigenvalue weighted by molar-refractivity contribution is 5.89. The van der Waals surface area contributed by atoms with E-state index in [1.165, 1.54) is 0 Å². The fourth-order valence-corrected chi connectivity index (χ4v) is 1.65. The summed E-state index contributed by atoms with van der Waals surface area (Å²) in [5, 5.41) is 12.1. The first kappa shape index (κ1) is 12.0. The van der Waals surface area contributed by atoms with Crippen LogP contribution in [0.2, 0.25) is 0 Å². The van der Waals surface area contributed by atoms with Crippen molar-refractivity contribution in [3.63, 3.8) is 0 Å². The molecule has 0 aliphatic heterocycles. The van der Waals surface area contributed by atoms with Gasteiger partial charge < -0.3 is 10.4 Å². The maximum atomic E-state index is 11.0. The highest BCUT2D eigenvalue weighted by Gasteiger charge is 2.08. The Hall–Kier alpha value is -2.43.